The molecule has 7 nitrogen and oxygen atoms in total. The smallest absolute Gasteiger partial charge is 0.188 e. The molecule has 112 valence electrons. The summed E-state index contributed by atoms with van der Waals surface area (Å²) in [5.41, 5.74) is 7.78. The number of nitrogen functional groups attached to an aromatic ring is 1. The van der Waals surface area contributed by atoms with Crippen LogP contribution in [0.15, 0.2) is 6.33 Å². The summed E-state index contributed by atoms with van der Waals surface area (Å²) < 4.78 is 5.35. The van der Waals surface area contributed by atoms with Gasteiger partial charge < -0.3 is 20.7 Å². The van der Waals surface area contributed by atoms with Gasteiger partial charge in [0.1, 0.15) is 12.0 Å². The maximum Gasteiger partial charge on any atom is 0.188 e. The molecule has 0 spiro atoms. The summed E-state index contributed by atoms with van der Waals surface area (Å²) in [5, 5.41) is 3.98. The highest BCUT2D eigenvalue weighted by Crippen LogP contribution is 2.31. The molecule has 0 aliphatic carbocycles. The van der Waals surface area contributed by atoms with Crippen molar-refractivity contribution in [2.75, 3.05) is 42.3 Å². The van der Waals surface area contributed by atoms with Gasteiger partial charge in [0.15, 0.2) is 16.8 Å². The SMILES string of the molecule is Cc1nc(Nc2ncnc(N3CCOCC3)c2N)sc1C. The Hall–Kier alpha value is -1.93. The van der Waals surface area contributed by atoms with Gasteiger partial charge in [0.05, 0.1) is 18.9 Å². The van der Waals surface area contributed by atoms with Crippen LogP contribution in [0.4, 0.5) is 22.5 Å². The molecule has 3 rings (SSSR count). The van der Waals surface area contributed by atoms with E-state index in [1.165, 1.54) is 11.2 Å². The van der Waals surface area contributed by atoms with E-state index in [1.807, 2.05) is 13.8 Å². The molecule has 3 N–H and O–H groups in total. The van der Waals surface area contributed by atoms with Crippen molar-refractivity contribution in [2.45, 2.75) is 13.8 Å². The van der Waals surface area contributed by atoms with E-state index < -0.39 is 0 Å². The van der Waals surface area contributed by atoms with E-state index in [1.54, 1.807) is 11.3 Å². The second kappa shape index (κ2) is 5.82. The number of anilines is 4. The first-order valence-corrected chi connectivity index (χ1v) is 7.61. The van der Waals surface area contributed by atoms with Gasteiger partial charge in [-0.2, -0.15) is 0 Å². The molecule has 8 heteroatoms. The Bertz CT molecular complexity index is 618. The molecule has 0 amide bonds. The summed E-state index contributed by atoms with van der Waals surface area (Å²) >= 11 is 1.59. The lowest BCUT2D eigenvalue weighted by Gasteiger charge is -2.28. The molecule has 3 heterocycles. The molecule has 2 aromatic rings. The molecular formula is C13H18N6OS. The third-order valence-corrected chi connectivity index (χ3v) is 4.42. The largest absolute Gasteiger partial charge is 0.393 e. The zero-order valence-corrected chi connectivity index (χ0v) is 12.9. The average molecular weight is 306 g/mol. The number of aryl methyl sites for hydroxylation is 2. The van der Waals surface area contributed by atoms with E-state index in [2.05, 4.69) is 25.2 Å². The normalized spacial score (nSPS) is 15.2. The quantitative estimate of drug-likeness (QED) is 0.892. The van der Waals surface area contributed by atoms with Crippen molar-refractivity contribution in [3.8, 4) is 0 Å². The molecule has 1 aliphatic heterocycles. The third kappa shape index (κ3) is 2.91. The molecule has 0 unspecified atom stereocenters. The van der Waals surface area contributed by atoms with Crippen molar-refractivity contribution < 1.29 is 4.74 Å². The van der Waals surface area contributed by atoms with E-state index in [4.69, 9.17) is 10.5 Å². The lowest BCUT2D eigenvalue weighted by Crippen LogP contribution is -2.37. The van der Waals surface area contributed by atoms with Crippen LogP contribution in [0.3, 0.4) is 0 Å². The second-order valence-corrected chi connectivity index (χ2v) is 6.05. The summed E-state index contributed by atoms with van der Waals surface area (Å²) in [4.78, 5) is 16.3. The summed E-state index contributed by atoms with van der Waals surface area (Å²) in [6.45, 7) is 6.99. The molecule has 21 heavy (non-hydrogen) atoms. The van der Waals surface area contributed by atoms with Gasteiger partial charge in [0.25, 0.3) is 0 Å². The minimum absolute atomic E-state index is 0.546. The van der Waals surface area contributed by atoms with E-state index in [0.29, 0.717) is 24.7 Å². The van der Waals surface area contributed by atoms with Crippen LogP contribution in [0, 0.1) is 13.8 Å². The van der Waals surface area contributed by atoms with E-state index in [-0.39, 0.29) is 0 Å². The van der Waals surface area contributed by atoms with Crippen molar-refractivity contribution in [2.24, 2.45) is 0 Å². The fourth-order valence-electron chi connectivity index (χ4n) is 2.14. The second-order valence-electron chi connectivity index (χ2n) is 4.84. The lowest BCUT2D eigenvalue weighted by atomic mass is 10.3. The average Bonchev–Trinajstić information content (AvgIpc) is 2.80. The molecular weight excluding hydrogens is 288 g/mol. The third-order valence-electron chi connectivity index (χ3n) is 3.43. The molecule has 0 atom stereocenters. The molecule has 0 saturated carbocycles. The number of nitrogens with zero attached hydrogens (tertiary/aromatic N) is 4. The van der Waals surface area contributed by atoms with Crippen LogP contribution in [0.5, 0.6) is 0 Å². The highest BCUT2D eigenvalue weighted by Gasteiger charge is 2.18. The summed E-state index contributed by atoms with van der Waals surface area (Å²) in [5.74, 6) is 1.35. The number of aromatic nitrogens is 3. The van der Waals surface area contributed by atoms with Crippen molar-refractivity contribution in [3.05, 3.63) is 16.9 Å². The Balaban J connectivity index is 1.85. The standard InChI is InChI=1S/C13H18N6OS/c1-8-9(2)21-13(17-8)18-11-10(14)12(16-7-15-11)19-3-5-20-6-4-19/h7H,3-6,14H2,1-2H3,(H,15,16,17,18). The maximum absolute atomic E-state index is 6.21. The van der Waals surface area contributed by atoms with Crippen LogP contribution < -0.4 is 16.0 Å². The maximum atomic E-state index is 6.21. The minimum atomic E-state index is 0.546. The number of hydrogen-bond acceptors (Lipinski definition) is 8. The summed E-state index contributed by atoms with van der Waals surface area (Å²) in [7, 11) is 0. The lowest BCUT2D eigenvalue weighted by molar-refractivity contribution is 0.122. The van der Waals surface area contributed by atoms with Gasteiger partial charge >= 0.3 is 0 Å². The zero-order valence-electron chi connectivity index (χ0n) is 12.1. The first-order chi connectivity index (χ1) is 10.1. The van der Waals surface area contributed by atoms with Gasteiger partial charge in [-0.25, -0.2) is 15.0 Å². The van der Waals surface area contributed by atoms with Gasteiger partial charge in [-0.05, 0) is 13.8 Å². The summed E-state index contributed by atoms with van der Waals surface area (Å²) in [6, 6.07) is 0. The van der Waals surface area contributed by atoms with Crippen LogP contribution in [0.2, 0.25) is 0 Å². The number of hydrogen-bond donors (Lipinski definition) is 2. The Kier molecular flexibility index (Phi) is 3.89. The monoisotopic (exact) mass is 306 g/mol. The van der Waals surface area contributed by atoms with Crippen molar-refractivity contribution in [1.82, 2.24) is 15.0 Å². The molecule has 1 fully saturated rings. The Morgan fingerprint density at radius 3 is 2.71 bits per heavy atom. The van der Waals surface area contributed by atoms with Gasteiger partial charge in [-0.15, -0.1) is 11.3 Å². The van der Waals surface area contributed by atoms with Gasteiger partial charge in [0, 0.05) is 18.0 Å². The number of ether oxygens (including phenoxy) is 1. The fraction of sp³-hybridized carbons (Fsp3) is 0.462. The zero-order chi connectivity index (χ0) is 14.8. The van der Waals surface area contributed by atoms with E-state index in [9.17, 15) is 0 Å². The Labute approximate surface area is 127 Å². The minimum Gasteiger partial charge on any atom is -0.393 e. The number of nitrogens with two attached hydrogens (primary N) is 1. The Morgan fingerprint density at radius 1 is 1.29 bits per heavy atom. The van der Waals surface area contributed by atoms with Gasteiger partial charge in [-0.3, -0.25) is 0 Å². The molecule has 0 bridgehead atoms. The van der Waals surface area contributed by atoms with Crippen molar-refractivity contribution >= 4 is 33.8 Å². The van der Waals surface area contributed by atoms with Gasteiger partial charge in [0.2, 0.25) is 0 Å². The predicted molar refractivity (Wildman–Crippen MR) is 84.3 cm³/mol. The van der Waals surface area contributed by atoms with Crippen molar-refractivity contribution in [3.63, 3.8) is 0 Å². The van der Waals surface area contributed by atoms with E-state index in [0.717, 1.165) is 29.7 Å². The Morgan fingerprint density at radius 2 is 2.05 bits per heavy atom. The highest BCUT2D eigenvalue weighted by atomic mass is 32.1. The van der Waals surface area contributed by atoms with E-state index >= 15 is 0 Å². The number of nitrogens with one attached hydrogen (secondary N) is 1. The van der Waals surface area contributed by atoms with Gasteiger partial charge in [-0.1, -0.05) is 0 Å². The van der Waals surface area contributed by atoms with Crippen LogP contribution >= 0.6 is 11.3 Å². The number of morpholine rings is 1. The topological polar surface area (TPSA) is 89.2 Å². The molecule has 0 aromatic carbocycles. The molecule has 1 saturated heterocycles. The fourth-order valence-corrected chi connectivity index (χ4v) is 2.95. The van der Waals surface area contributed by atoms with Crippen LogP contribution in [0.25, 0.3) is 0 Å². The van der Waals surface area contributed by atoms with Crippen LogP contribution in [-0.2, 0) is 4.74 Å². The van der Waals surface area contributed by atoms with Crippen LogP contribution in [-0.4, -0.2) is 41.3 Å². The predicted octanol–water partition coefficient (Wildman–Crippen LogP) is 1.71. The highest BCUT2D eigenvalue weighted by molar-refractivity contribution is 7.15. The molecule has 2 aromatic heterocycles. The first-order valence-electron chi connectivity index (χ1n) is 6.79. The molecule has 1 aliphatic rings. The number of rotatable bonds is 3. The first kappa shape index (κ1) is 14.0. The van der Waals surface area contributed by atoms with Crippen molar-refractivity contribution in [1.29, 1.82) is 0 Å². The summed E-state index contributed by atoms with van der Waals surface area (Å²) in [6.07, 6.45) is 1.52. The van der Waals surface area contributed by atoms with Crippen LogP contribution in [0.1, 0.15) is 10.6 Å². The number of thiazole rings is 1. The molecule has 0 radical (unpaired) electrons.